The zero-order chi connectivity index (χ0) is 11.3. The van der Waals surface area contributed by atoms with Gasteiger partial charge < -0.3 is 10.4 Å². The summed E-state index contributed by atoms with van der Waals surface area (Å²) < 4.78 is 3.60. The number of amides is 1. The molecule has 0 spiro atoms. The summed E-state index contributed by atoms with van der Waals surface area (Å²) in [6.45, 7) is 4.02. The molecule has 1 amide bonds. The molecule has 1 aromatic heterocycles. The molecule has 6 heteroatoms. The average molecular weight is 229 g/mol. The van der Waals surface area contributed by atoms with Gasteiger partial charge in [0.05, 0.1) is 5.60 Å². The third-order valence-electron chi connectivity index (χ3n) is 2.49. The Morgan fingerprint density at radius 1 is 1.60 bits per heavy atom. The van der Waals surface area contributed by atoms with Gasteiger partial charge in [-0.3, -0.25) is 4.79 Å². The summed E-state index contributed by atoms with van der Waals surface area (Å²) in [6.07, 6.45) is 1.22. The van der Waals surface area contributed by atoms with E-state index in [0.29, 0.717) is 18.5 Å². The van der Waals surface area contributed by atoms with Crippen molar-refractivity contribution in [2.24, 2.45) is 0 Å². The standard InChI is InChI=1S/C9H15N3O2S/c1-3-9(14,4-2)6-10-8(13)7-5-15-12-11-7/h5,14H,3-4,6H2,1-2H3,(H,10,13). The van der Waals surface area contributed by atoms with Crippen LogP contribution in [0.4, 0.5) is 0 Å². The molecule has 0 atom stereocenters. The van der Waals surface area contributed by atoms with Gasteiger partial charge in [0.1, 0.15) is 0 Å². The van der Waals surface area contributed by atoms with Crippen molar-refractivity contribution < 1.29 is 9.90 Å². The third kappa shape index (κ3) is 3.24. The third-order valence-corrected chi connectivity index (χ3v) is 2.99. The summed E-state index contributed by atoms with van der Waals surface area (Å²) >= 11 is 1.13. The summed E-state index contributed by atoms with van der Waals surface area (Å²) in [5.74, 6) is -0.288. The first kappa shape index (κ1) is 12.1. The lowest BCUT2D eigenvalue weighted by molar-refractivity contribution is 0.0313. The zero-order valence-corrected chi connectivity index (χ0v) is 9.67. The maximum Gasteiger partial charge on any atom is 0.272 e. The highest BCUT2D eigenvalue weighted by molar-refractivity contribution is 7.03. The lowest BCUT2D eigenvalue weighted by atomic mass is 9.97. The van der Waals surface area contributed by atoms with Gasteiger partial charge in [-0.2, -0.15) is 0 Å². The Morgan fingerprint density at radius 3 is 2.73 bits per heavy atom. The summed E-state index contributed by atoms with van der Waals surface area (Å²) in [4.78, 5) is 11.5. The Kier molecular flexibility index (Phi) is 4.16. The molecule has 0 saturated heterocycles. The molecule has 1 heterocycles. The van der Waals surface area contributed by atoms with Crippen molar-refractivity contribution in [3.63, 3.8) is 0 Å². The highest BCUT2D eigenvalue weighted by atomic mass is 32.1. The lowest BCUT2D eigenvalue weighted by Gasteiger charge is -2.24. The highest BCUT2D eigenvalue weighted by Crippen LogP contribution is 2.13. The summed E-state index contributed by atoms with van der Waals surface area (Å²) in [6, 6.07) is 0. The predicted octanol–water partition coefficient (Wildman–Crippen LogP) is 0.819. The molecule has 0 aliphatic carbocycles. The summed E-state index contributed by atoms with van der Waals surface area (Å²) in [5, 5.41) is 17.8. The molecule has 0 aliphatic heterocycles. The van der Waals surface area contributed by atoms with E-state index in [-0.39, 0.29) is 12.5 Å². The largest absolute Gasteiger partial charge is 0.388 e. The number of nitrogens with one attached hydrogen (secondary N) is 1. The molecule has 0 aliphatic rings. The van der Waals surface area contributed by atoms with Gasteiger partial charge in [0.2, 0.25) is 0 Å². The van der Waals surface area contributed by atoms with Gasteiger partial charge in [0.15, 0.2) is 5.69 Å². The van der Waals surface area contributed by atoms with Gasteiger partial charge in [0, 0.05) is 11.9 Å². The number of carbonyl (C=O) groups is 1. The minimum atomic E-state index is -0.820. The number of hydrogen-bond acceptors (Lipinski definition) is 5. The molecule has 15 heavy (non-hydrogen) atoms. The molecule has 0 unspecified atom stereocenters. The van der Waals surface area contributed by atoms with Gasteiger partial charge in [-0.25, -0.2) is 0 Å². The first-order valence-electron chi connectivity index (χ1n) is 4.89. The molecule has 84 valence electrons. The van der Waals surface area contributed by atoms with Crippen LogP contribution in [0.3, 0.4) is 0 Å². The van der Waals surface area contributed by atoms with E-state index in [9.17, 15) is 9.90 Å². The fourth-order valence-corrected chi connectivity index (χ4v) is 1.54. The quantitative estimate of drug-likeness (QED) is 0.783. The SMILES string of the molecule is CCC(O)(CC)CNC(=O)c1csnn1. The smallest absolute Gasteiger partial charge is 0.272 e. The fraction of sp³-hybridized carbons (Fsp3) is 0.667. The van der Waals surface area contributed by atoms with Gasteiger partial charge in [0.25, 0.3) is 5.91 Å². The van der Waals surface area contributed by atoms with Gasteiger partial charge in [-0.15, -0.1) is 5.10 Å². The van der Waals surface area contributed by atoms with Crippen molar-refractivity contribution in [3.8, 4) is 0 Å². The van der Waals surface area contributed by atoms with Crippen molar-refractivity contribution in [2.45, 2.75) is 32.3 Å². The molecule has 1 aromatic rings. The maximum atomic E-state index is 11.5. The molecule has 0 aromatic carbocycles. The van der Waals surface area contributed by atoms with Crippen molar-refractivity contribution in [3.05, 3.63) is 11.1 Å². The Balaban J connectivity index is 2.47. The van der Waals surface area contributed by atoms with Crippen LogP contribution in [-0.4, -0.2) is 32.7 Å². The van der Waals surface area contributed by atoms with Gasteiger partial charge in [-0.1, -0.05) is 18.3 Å². The van der Waals surface area contributed by atoms with Crippen LogP contribution in [0.5, 0.6) is 0 Å². The average Bonchev–Trinajstić information content (AvgIpc) is 2.79. The molecule has 1 rings (SSSR count). The maximum absolute atomic E-state index is 11.5. The Bertz CT molecular complexity index is 309. The second-order valence-electron chi connectivity index (χ2n) is 3.40. The van der Waals surface area contributed by atoms with Crippen LogP contribution < -0.4 is 5.32 Å². The van der Waals surface area contributed by atoms with Crippen LogP contribution in [0.2, 0.25) is 0 Å². The lowest BCUT2D eigenvalue weighted by Crippen LogP contribution is -2.42. The minimum Gasteiger partial charge on any atom is -0.388 e. The van der Waals surface area contributed by atoms with E-state index in [4.69, 9.17) is 0 Å². The van der Waals surface area contributed by atoms with Crippen LogP contribution in [0.15, 0.2) is 5.38 Å². The first-order valence-corrected chi connectivity index (χ1v) is 5.72. The number of aliphatic hydroxyl groups is 1. The molecule has 0 saturated carbocycles. The van der Waals surface area contributed by atoms with E-state index in [1.807, 2.05) is 13.8 Å². The number of carbonyl (C=O) groups excluding carboxylic acids is 1. The molecule has 2 N–H and O–H groups in total. The molecule has 5 nitrogen and oxygen atoms in total. The second kappa shape index (κ2) is 5.18. The zero-order valence-electron chi connectivity index (χ0n) is 8.86. The highest BCUT2D eigenvalue weighted by Gasteiger charge is 2.23. The summed E-state index contributed by atoms with van der Waals surface area (Å²) in [5.41, 5.74) is -0.520. The van der Waals surface area contributed by atoms with Crippen LogP contribution in [0, 0.1) is 0 Å². The van der Waals surface area contributed by atoms with Gasteiger partial charge in [-0.05, 0) is 24.4 Å². The second-order valence-corrected chi connectivity index (χ2v) is 4.01. The minimum absolute atomic E-state index is 0.246. The molecule has 0 radical (unpaired) electrons. The number of rotatable bonds is 5. The topological polar surface area (TPSA) is 75.1 Å². The Morgan fingerprint density at radius 2 is 2.27 bits per heavy atom. The Labute approximate surface area is 92.7 Å². The van der Waals surface area contributed by atoms with Crippen molar-refractivity contribution in [1.82, 2.24) is 14.9 Å². The van der Waals surface area contributed by atoms with Crippen molar-refractivity contribution in [2.75, 3.05) is 6.54 Å². The number of hydrogen-bond donors (Lipinski definition) is 2. The number of aromatic nitrogens is 2. The van der Waals surface area contributed by atoms with Gasteiger partial charge >= 0.3 is 0 Å². The molecular weight excluding hydrogens is 214 g/mol. The molecule has 0 bridgehead atoms. The predicted molar refractivity (Wildman–Crippen MR) is 57.8 cm³/mol. The van der Waals surface area contributed by atoms with Crippen LogP contribution in [0.1, 0.15) is 37.2 Å². The van der Waals surface area contributed by atoms with E-state index in [1.165, 1.54) is 0 Å². The van der Waals surface area contributed by atoms with E-state index in [1.54, 1.807) is 5.38 Å². The van der Waals surface area contributed by atoms with Crippen molar-refractivity contribution in [1.29, 1.82) is 0 Å². The monoisotopic (exact) mass is 229 g/mol. The summed E-state index contributed by atoms with van der Waals surface area (Å²) in [7, 11) is 0. The number of nitrogens with zero attached hydrogens (tertiary/aromatic N) is 2. The van der Waals surface area contributed by atoms with E-state index >= 15 is 0 Å². The van der Waals surface area contributed by atoms with E-state index < -0.39 is 5.60 Å². The van der Waals surface area contributed by atoms with Crippen molar-refractivity contribution >= 4 is 17.4 Å². The molecule has 0 fully saturated rings. The van der Waals surface area contributed by atoms with Crippen LogP contribution >= 0.6 is 11.5 Å². The Hall–Kier alpha value is -1.01. The normalized spacial score (nSPS) is 11.4. The van der Waals surface area contributed by atoms with Crippen LogP contribution in [-0.2, 0) is 0 Å². The molecular formula is C9H15N3O2S. The van der Waals surface area contributed by atoms with E-state index in [0.717, 1.165) is 11.5 Å². The van der Waals surface area contributed by atoms with Crippen LogP contribution in [0.25, 0.3) is 0 Å². The van der Waals surface area contributed by atoms with E-state index in [2.05, 4.69) is 14.9 Å². The fourth-order valence-electron chi connectivity index (χ4n) is 1.10. The first-order chi connectivity index (χ1) is 7.11.